The van der Waals surface area contributed by atoms with E-state index >= 15 is 0 Å². The lowest BCUT2D eigenvalue weighted by Gasteiger charge is -2.42. The van der Waals surface area contributed by atoms with Crippen LogP contribution in [-0.2, 0) is 16.0 Å². The number of furan rings is 1. The SMILES string of the molecule is O=C(NCC1(CN2CCOCC2)CCOCC1)c1ccc(CN2CCCCC2)o1. The molecule has 3 aliphatic heterocycles. The van der Waals surface area contributed by atoms with Crippen LogP contribution in [-0.4, -0.2) is 81.4 Å². The molecule has 1 aromatic heterocycles. The second-order valence-corrected chi connectivity index (χ2v) is 8.79. The molecule has 1 aromatic rings. The summed E-state index contributed by atoms with van der Waals surface area (Å²) in [7, 11) is 0. The predicted molar refractivity (Wildman–Crippen MR) is 110 cm³/mol. The molecule has 7 nitrogen and oxygen atoms in total. The second-order valence-electron chi connectivity index (χ2n) is 8.79. The number of nitrogens with zero attached hydrogens (tertiary/aromatic N) is 2. The van der Waals surface area contributed by atoms with E-state index in [1.165, 1.54) is 19.3 Å². The zero-order valence-electron chi connectivity index (χ0n) is 17.5. The number of likely N-dealkylation sites (tertiary alicyclic amines) is 1. The Morgan fingerprint density at radius 2 is 1.66 bits per heavy atom. The molecule has 0 atom stereocenters. The minimum absolute atomic E-state index is 0.0640. The summed E-state index contributed by atoms with van der Waals surface area (Å²) in [5.74, 6) is 1.19. The molecule has 1 N–H and O–H groups in total. The molecule has 0 bridgehead atoms. The third-order valence-electron chi connectivity index (χ3n) is 6.55. The van der Waals surface area contributed by atoms with Crippen molar-refractivity contribution in [2.45, 2.75) is 38.6 Å². The van der Waals surface area contributed by atoms with Crippen LogP contribution in [0.25, 0.3) is 0 Å². The number of nitrogens with one attached hydrogen (secondary N) is 1. The zero-order valence-corrected chi connectivity index (χ0v) is 17.5. The normalized spacial score (nSPS) is 23.7. The minimum Gasteiger partial charge on any atom is -0.455 e. The number of ether oxygens (including phenoxy) is 2. The van der Waals surface area contributed by atoms with Crippen molar-refractivity contribution in [2.24, 2.45) is 5.41 Å². The Labute approximate surface area is 173 Å². The Morgan fingerprint density at radius 3 is 2.41 bits per heavy atom. The summed E-state index contributed by atoms with van der Waals surface area (Å²) in [6, 6.07) is 3.76. The van der Waals surface area contributed by atoms with Crippen LogP contribution in [0.5, 0.6) is 0 Å². The van der Waals surface area contributed by atoms with Gasteiger partial charge in [0.05, 0.1) is 19.8 Å². The summed E-state index contributed by atoms with van der Waals surface area (Å²) >= 11 is 0. The van der Waals surface area contributed by atoms with Crippen molar-refractivity contribution in [3.63, 3.8) is 0 Å². The van der Waals surface area contributed by atoms with Gasteiger partial charge in [-0.25, -0.2) is 0 Å². The molecule has 3 saturated heterocycles. The molecule has 4 rings (SSSR count). The first-order valence-corrected chi connectivity index (χ1v) is 11.2. The quantitative estimate of drug-likeness (QED) is 0.750. The third kappa shape index (κ3) is 5.81. The maximum atomic E-state index is 12.7. The topological polar surface area (TPSA) is 67.2 Å². The van der Waals surface area contributed by atoms with E-state index in [-0.39, 0.29) is 11.3 Å². The maximum Gasteiger partial charge on any atom is 0.287 e. The largest absolute Gasteiger partial charge is 0.455 e. The van der Waals surface area contributed by atoms with Gasteiger partial charge in [-0.15, -0.1) is 0 Å². The zero-order chi connectivity index (χ0) is 19.9. The van der Waals surface area contributed by atoms with Crippen molar-refractivity contribution >= 4 is 5.91 Å². The average molecular weight is 406 g/mol. The summed E-state index contributed by atoms with van der Waals surface area (Å²) < 4.78 is 16.9. The highest BCUT2D eigenvalue weighted by Gasteiger charge is 2.35. The van der Waals surface area contributed by atoms with Gasteiger partial charge in [0.25, 0.3) is 5.91 Å². The van der Waals surface area contributed by atoms with E-state index in [0.717, 1.165) is 84.3 Å². The first-order chi connectivity index (χ1) is 14.2. The van der Waals surface area contributed by atoms with Crippen molar-refractivity contribution in [3.8, 4) is 0 Å². The van der Waals surface area contributed by atoms with Gasteiger partial charge in [-0.2, -0.15) is 0 Å². The number of hydrogen-bond donors (Lipinski definition) is 1. The average Bonchev–Trinajstić information content (AvgIpc) is 3.23. The third-order valence-corrected chi connectivity index (χ3v) is 6.55. The van der Waals surface area contributed by atoms with Crippen molar-refractivity contribution in [3.05, 3.63) is 23.7 Å². The van der Waals surface area contributed by atoms with Gasteiger partial charge in [0.1, 0.15) is 5.76 Å². The second kappa shape index (κ2) is 10.1. The van der Waals surface area contributed by atoms with Gasteiger partial charge in [-0.3, -0.25) is 14.6 Å². The van der Waals surface area contributed by atoms with Crippen LogP contribution in [0.15, 0.2) is 16.5 Å². The van der Waals surface area contributed by atoms with Gasteiger partial charge >= 0.3 is 0 Å². The van der Waals surface area contributed by atoms with E-state index in [9.17, 15) is 4.79 Å². The fraction of sp³-hybridized carbons (Fsp3) is 0.773. The standard InChI is InChI=1S/C22H35N3O4/c26-21(20-5-4-19(29-20)16-24-8-2-1-3-9-24)23-17-22(6-12-27-13-7-22)18-25-10-14-28-15-11-25/h4-5H,1-3,6-18H2,(H,23,26). The number of carbonyl (C=O) groups is 1. The minimum atomic E-state index is -0.109. The Kier molecular flexibility index (Phi) is 7.24. The highest BCUT2D eigenvalue weighted by molar-refractivity contribution is 5.91. The summed E-state index contributed by atoms with van der Waals surface area (Å²) in [6.07, 6.45) is 5.78. The molecule has 162 valence electrons. The first-order valence-electron chi connectivity index (χ1n) is 11.2. The highest BCUT2D eigenvalue weighted by atomic mass is 16.5. The molecule has 7 heteroatoms. The van der Waals surface area contributed by atoms with Gasteiger partial charge in [0.2, 0.25) is 0 Å². The lowest BCUT2D eigenvalue weighted by molar-refractivity contribution is -0.0283. The van der Waals surface area contributed by atoms with E-state index in [1.54, 1.807) is 0 Å². The van der Waals surface area contributed by atoms with Gasteiger partial charge in [-0.05, 0) is 50.9 Å². The molecule has 0 aliphatic carbocycles. The molecular weight excluding hydrogens is 370 g/mol. The van der Waals surface area contributed by atoms with E-state index < -0.39 is 0 Å². The number of rotatable bonds is 7. The van der Waals surface area contributed by atoms with Gasteiger partial charge in [0, 0.05) is 44.8 Å². The van der Waals surface area contributed by atoms with Gasteiger partial charge in [0.15, 0.2) is 5.76 Å². The van der Waals surface area contributed by atoms with Crippen molar-refractivity contribution < 1.29 is 18.7 Å². The van der Waals surface area contributed by atoms with E-state index in [1.807, 2.05) is 12.1 Å². The fourth-order valence-electron chi connectivity index (χ4n) is 4.71. The van der Waals surface area contributed by atoms with E-state index in [2.05, 4.69) is 15.1 Å². The number of morpholine rings is 1. The molecule has 29 heavy (non-hydrogen) atoms. The smallest absolute Gasteiger partial charge is 0.287 e. The summed E-state index contributed by atoms with van der Waals surface area (Å²) in [5, 5.41) is 3.16. The van der Waals surface area contributed by atoms with Crippen LogP contribution in [0, 0.1) is 5.41 Å². The van der Waals surface area contributed by atoms with Crippen LogP contribution in [0.1, 0.15) is 48.4 Å². The molecule has 0 spiro atoms. The molecule has 0 radical (unpaired) electrons. The van der Waals surface area contributed by atoms with Gasteiger partial charge in [-0.1, -0.05) is 6.42 Å². The maximum absolute atomic E-state index is 12.7. The van der Waals surface area contributed by atoms with Crippen LogP contribution in [0.2, 0.25) is 0 Å². The van der Waals surface area contributed by atoms with Crippen molar-refractivity contribution in [2.75, 3.05) is 65.7 Å². The summed E-state index contributed by atoms with van der Waals surface area (Å²) in [6.45, 7) is 9.74. The monoisotopic (exact) mass is 405 g/mol. The molecule has 0 aromatic carbocycles. The van der Waals surface area contributed by atoms with Gasteiger partial charge < -0.3 is 19.2 Å². The Hall–Kier alpha value is -1.41. The van der Waals surface area contributed by atoms with Crippen LogP contribution < -0.4 is 5.32 Å². The summed E-state index contributed by atoms with van der Waals surface area (Å²) in [5.41, 5.74) is 0.0640. The molecule has 0 unspecified atom stereocenters. The van der Waals surface area contributed by atoms with Crippen LogP contribution in [0.4, 0.5) is 0 Å². The molecular formula is C22H35N3O4. The Bertz CT molecular complexity index is 644. The number of carbonyl (C=O) groups excluding carboxylic acids is 1. The molecule has 3 fully saturated rings. The molecule has 0 saturated carbocycles. The molecule has 3 aliphatic rings. The number of hydrogen-bond acceptors (Lipinski definition) is 6. The Morgan fingerprint density at radius 1 is 0.931 bits per heavy atom. The van der Waals surface area contributed by atoms with Crippen molar-refractivity contribution in [1.29, 1.82) is 0 Å². The summed E-state index contributed by atoms with van der Waals surface area (Å²) in [4.78, 5) is 17.6. The predicted octanol–water partition coefficient (Wildman–Crippen LogP) is 2.12. The Balaban J connectivity index is 1.31. The fourth-order valence-corrected chi connectivity index (χ4v) is 4.71. The van der Waals surface area contributed by atoms with E-state index in [4.69, 9.17) is 13.9 Å². The lowest BCUT2D eigenvalue weighted by Crippen LogP contribution is -2.50. The number of piperidine rings is 1. The highest BCUT2D eigenvalue weighted by Crippen LogP contribution is 2.31. The first kappa shape index (κ1) is 20.8. The molecule has 4 heterocycles. The van der Waals surface area contributed by atoms with Crippen molar-refractivity contribution in [1.82, 2.24) is 15.1 Å². The molecule has 1 amide bonds. The van der Waals surface area contributed by atoms with E-state index in [0.29, 0.717) is 12.3 Å². The van der Waals surface area contributed by atoms with Crippen LogP contribution in [0.3, 0.4) is 0 Å². The van der Waals surface area contributed by atoms with Crippen LogP contribution >= 0.6 is 0 Å². The lowest BCUT2D eigenvalue weighted by atomic mass is 9.79. The number of amides is 1.